The highest BCUT2D eigenvalue weighted by Gasteiger charge is 2.16. The monoisotopic (exact) mass is 392 g/mol. The van der Waals surface area contributed by atoms with Crippen molar-refractivity contribution < 1.29 is 0 Å². The number of thioether (sulfide) groups is 1. The first-order chi connectivity index (χ1) is 13.5. The highest BCUT2D eigenvalue weighted by molar-refractivity contribution is 7.98. The lowest BCUT2D eigenvalue weighted by Gasteiger charge is -2.19. The van der Waals surface area contributed by atoms with Crippen molar-refractivity contribution in [3.8, 4) is 11.4 Å². The Morgan fingerprint density at radius 3 is 2.54 bits per heavy atom. The average molecular weight is 393 g/mol. The molecule has 1 aromatic carbocycles. The van der Waals surface area contributed by atoms with E-state index in [1.54, 1.807) is 18.0 Å². The van der Waals surface area contributed by atoms with Crippen LogP contribution in [-0.2, 0) is 17.7 Å². The molecule has 0 saturated heterocycles. The molecule has 0 radical (unpaired) electrons. The van der Waals surface area contributed by atoms with Crippen LogP contribution in [0.1, 0.15) is 39.0 Å². The number of hydrogen-bond donors (Lipinski definition) is 0. The molecule has 7 heteroatoms. The fraction of sp³-hybridized carbons (Fsp3) is 0.333. The zero-order chi connectivity index (χ0) is 19.7. The van der Waals surface area contributed by atoms with Crippen LogP contribution in [-0.4, -0.2) is 29.1 Å². The van der Waals surface area contributed by atoms with E-state index in [2.05, 4.69) is 76.7 Å². The third-order valence-electron chi connectivity index (χ3n) is 4.68. The Hall–Kier alpha value is -2.67. The smallest absolute Gasteiger partial charge is 0.233 e. The molecule has 3 heterocycles. The van der Waals surface area contributed by atoms with Crippen molar-refractivity contribution >= 4 is 17.5 Å². The standard InChI is InChI=1S/C21H24N6S/c1-5-27-18(15-7-9-16(10-8-15)21(2,3)4)24-25-20(27)28-14-17-13-26-12-6-11-22-19(26)23-17/h6-13H,5,14H2,1-4H3. The van der Waals surface area contributed by atoms with Crippen molar-refractivity contribution in [1.29, 1.82) is 0 Å². The summed E-state index contributed by atoms with van der Waals surface area (Å²) < 4.78 is 4.09. The first-order valence-electron chi connectivity index (χ1n) is 9.41. The molecule has 6 nitrogen and oxygen atoms in total. The molecule has 0 aliphatic heterocycles. The minimum absolute atomic E-state index is 0.140. The van der Waals surface area contributed by atoms with Crippen molar-refractivity contribution in [2.45, 2.75) is 50.6 Å². The van der Waals surface area contributed by atoms with Crippen molar-refractivity contribution in [2.75, 3.05) is 0 Å². The predicted molar refractivity (Wildman–Crippen MR) is 112 cm³/mol. The third-order valence-corrected chi connectivity index (χ3v) is 5.68. The second-order valence-corrected chi connectivity index (χ2v) is 8.67. The molecule has 0 fully saturated rings. The topological polar surface area (TPSA) is 60.9 Å². The van der Waals surface area contributed by atoms with E-state index in [1.807, 2.05) is 22.9 Å². The van der Waals surface area contributed by atoms with Gasteiger partial charge in [0, 0.05) is 36.5 Å². The van der Waals surface area contributed by atoms with Crippen LogP contribution < -0.4 is 0 Å². The van der Waals surface area contributed by atoms with Crippen molar-refractivity contribution in [3.63, 3.8) is 0 Å². The average Bonchev–Trinajstić information content (AvgIpc) is 3.28. The number of aromatic nitrogens is 6. The molecule has 0 spiro atoms. The molecule has 0 unspecified atom stereocenters. The lowest BCUT2D eigenvalue weighted by Crippen LogP contribution is -2.10. The maximum absolute atomic E-state index is 4.55. The van der Waals surface area contributed by atoms with Gasteiger partial charge < -0.3 is 4.57 Å². The fourth-order valence-corrected chi connectivity index (χ4v) is 3.99. The van der Waals surface area contributed by atoms with Gasteiger partial charge in [0.1, 0.15) is 0 Å². The molecule has 4 aromatic rings. The van der Waals surface area contributed by atoms with Gasteiger partial charge in [-0.2, -0.15) is 0 Å². The molecule has 0 amide bonds. The molecular weight excluding hydrogens is 368 g/mol. The Labute approximate surface area is 169 Å². The number of nitrogens with zero attached hydrogens (tertiary/aromatic N) is 6. The molecule has 4 rings (SSSR count). The van der Waals surface area contributed by atoms with E-state index in [9.17, 15) is 0 Å². The van der Waals surface area contributed by atoms with Gasteiger partial charge in [-0.25, -0.2) is 9.97 Å². The Morgan fingerprint density at radius 1 is 1.07 bits per heavy atom. The van der Waals surface area contributed by atoms with Gasteiger partial charge in [-0.05, 0) is 24.0 Å². The summed E-state index contributed by atoms with van der Waals surface area (Å²) in [4.78, 5) is 8.82. The SMILES string of the molecule is CCn1c(SCc2cn3cccnc3n2)nnc1-c1ccc(C(C)(C)C)cc1. The van der Waals surface area contributed by atoms with Crippen LogP contribution >= 0.6 is 11.8 Å². The molecule has 0 bridgehead atoms. The van der Waals surface area contributed by atoms with E-state index in [-0.39, 0.29) is 5.41 Å². The molecule has 28 heavy (non-hydrogen) atoms. The van der Waals surface area contributed by atoms with Gasteiger partial charge in [-0.1, -0.05) is 56.8 Å². The number of fused-ring (bicyclic) bond motifs is 1. The first kappa shape index (κ1) is 18.7. The highest BCUT2D eigenvalue weighted by atomic mass is 32.2. The van der Waals surface area contributed by atoms with Crippen molar-refractivity contribution in [3.05, 3.63) is 60.2 Å². The Kier molecular flexibility index (Phi) is 4.93. The first-order valence-corrected chi connectivity index (χ1v) is 10.4. The maximum Gasteiger partial charge on any atom is 0.233 e. The van der Waals surface area contributed by atoms with Gasteiger partial charge in [-0.15, -0.1) is 10.2 Å². The Bertz CT molecular complexity index is 1060. The highest BCUT2D eigenvalue weighted by Crippen LogP contribution is 2.28. The van der Waals surface area contributed by atoms with E-state index in [0.29, 0.717) is 0 Å². The summed E-state index contributed by atoms with van der Waals surface area (Å²) in [6.07, 6.45) is 5.72. The summed E-state index contributed by atoms with van der Waals surface area (Å²) in [5, 5.41) is 9.79. The van der Waals surface area contributed by atoms with Gasteiger partial charge >= 0.3 is 0 Å². The summed E-state index contributed by atoms with van der Waals surface area (Å²) >= 11 is 1.65. The normalized spacial score (nSPS) is 12.0. The van der Waals surface area contributed by atoms with Crippen molar-refractivity contribution in [2.24, 2.45) is 0 Å². The van der Waals surface area contributed by atoms with Crippen LogP contribution in [0.25, 0.3) is 17.2 Å². The molecule has 3 aromatic heterocycles. The molecular formula is C21H24N6S. The summed E-state index contributed by atoms with van der Waals surface area (Å²) in [6.45, 7) is 9.61. The van der Waals surface area contributed by atoms with Crippen LogP contribution in [0.4, 0.5) is 0 Å². The molecule has 0 aliphatic rings. The zero-order valence-electron chi connectivity index (χ0n) is 16.6. The molecule has 0 atom stereocenters. The van der Waals surface area contributed by atoms with Gasteiger partial charge in [0.25, 0.3) is 0 Å². The lowest BCUT2D eigenvalue weighted by atomic mass is 9.87. The van der Waals surface area contributed by atoms with E-state index in [0.717, 1.165) is 40.3 Å². The van der Waals surface area contributed by atoms with Crippen LogP contribution in [0.2, 0.25) is 0 Å². The second-order valence-electron chi connectivity index (χ2n) is 7.73. The predicted octanol–water partition coefficient (Wildman–Crippen LogP) is 4.60. The maximum atomic E-state index is 4.55. The van der Waals surface area contributed by atoms with E-state index in [1.165, 1.54) is 5.56 Å². The largest absolute Gasteiger partial charge is 0.302 e. The minimum Gasteiger partial charge on any atom is -0.302 e. The van der Waals surface area contributed by atoms with Gasteiger partial charge in [0.2, 0.25) is 5.78 Å². The van der Waals surface area contributed by atoms with Gasteiger partial charge in [-0.3, -0.25) is 4.40 Å². The summed E-state index contributed by atoms with van der Waals surface area (Å²) in [5.41, 5.74) is 3.52. The van der Waals surface area contributed by atoms with Gasteiger partial charge in [0.15, 0.2) is 11.0 Å². The van der Waals surface area contributed by atoms with Crippen molar-refractivity contribution in [1.82, 2.24) is 29.1 Å². The molecule has 0 N–H and O–H groups in total. The van der Waals surface area contributed by atoms with Gasteiger partial charge in [0.05, 0.1) is 5.69 Å². The van der Waals surface area contributed by atoms with Crippen LogP contribution in [0.15, 0.2) is 54.1 Å². The Balaban J connectivity index is 1.55. The number of hydrogen-bond acceptors (Lipinski definition) is 5. The molecule has 0 saturated carbocycles. The molecule has 0 aliphatic carbocycles. The number of rotatable bonds is 5. The zero-order valence-corrected chi connectivity index (χ0v) is 17.4. The quantitative estimate of drug-likeness (QED) is 0.465. The number of benzene rings is 1. The van der Waals surface area contributed by atoms with Crippen LogP contribution in [0, 0.1) is 0 Å². The lowest BCUT2D eigenvalue weighted by molar-refractivity contribution is 0.590. The van der Waals surface area contributed by atoms with Crippen LogP contribution in [0.3, 0.4) is 0 Å². The summed E-state index contributed by atoms with van der Waals surface area (Å²) in [7, 11) is 0. The number of imidazole rings is 1. The fourth-order valence-electron chi connectivity index (χ4n) is 3.10. The second kappa shape index (κ2) is 7.39. The summed E-state index contributed by atoms with van der Waals surface area (Å²) in [6, 6.07) is 10.5. The Morgan fingerprint density at radius 2 is 1.86 bits per heavy atom. The third kappa shape index (κ3) is 3.67. The van der Waals surface area contributed by atoms with E-state index in [4.69, 9.17) is 0 Å². The van der Waals surface area contributed by atoms with Crippen LogP contribution in [0.5, 0.6) is 0 Å². The summed E-state index contributed by atoms with van der Waals surface area (Å²) in [5.74, 6) is 2.35. The van der Waals surface area contributed by atoms with E-state index >= 15 is 0 Å². The minimum atomic E-state index is 0.140. The molecule has 144 valence electrons. The van der Waals surface area contributed by atoms with E-state index < -0.39 is 0 Å².